The Balaban J connectivity index is 2.13. The van der Waals surface area contributed by atoms with Crippen LogP contribution >= 0.6 is 0 Å². The molecule has 0 aliphatic carbocycles. The Morgan fingerprint density at radius 2 is 2.17 bits per heavy atom. The van der Waals surface area contributed by atoms with Crippen LogP contribution in [0, 0.1) is 6.92 Å². The summed E-state index contributed by atoms with van der Waals surface area (Å²) in [6.07, 6.45) is 5.29. The van der Waals surface area contributed by atoms with Crippen molar-refractivity contribution in [3.63, 3.8) is 0 Å². The average Bonchev–Trinajstić information content (AvgIpc) is 2.34. The van der Waals surface area contributed by atoms with Crippen molar-refractivity contribution in [3.8, 4) is 5.75 Å². The van der Waals surface area contributed by atoms with E-state index < -0.39 is 0 Å². The molecule has 0 saturated carbocycles. The fourth-order valence-electron chi connectivity index (χ4n) is 2.65. The van der Waals surface area contributed by atoms with Crippen LogP contribution < -0.4 is 10.1 Å². The number of benzene rings is 1. The normalized spacial score (nSPS) is 20.1. The summed E-state index contributed by atoms with van der Waals surface area (Å²) < 4.78 is 5.94. The lowest BCUT2D eigenvalue weighted by Gasteiger charge is -2.25. The highest BCUT2D eigenvalue weighted by Gasteiger charge is 2.17. The van der Waals surface area contributed by atoms with Crippen molar-refractivity contribution in [2.75, 3.05) is 6.54 Å². The van der Waals surface area contributed by atoms with Crippen LogP contribution in [0.3, 0.4) is 0 Å². The van der Waals surface area contributed by atoms with Gasteiger partial charge in [-0.2, -0.15) is 0 Å². The zero-order valence-electron chi connectivity index (χ0n) is 11.8. The summed E-state index contributed by atoms with van der Waals surface area (Å²) in [5.74, 6) is 1.07. The molecule has 1 aromatic carbocycles. The summed E-state index contributed by atoms with van der Waals surface area (Å²) in [5, 5.41) is 3.62. The first-order chi connectivity index (χ1) is 8.66. The quantitative estimate of drug-likeness (QED) is 0.879. The Morgan fingerprint density at radius 3 is 2.83 bits per heavy atom. The predicted octanol–water partition coefficient (Wildman–Crippen LogP) is 3.47. The first-order valence-electron chi connectivity index (χ1n) is 7.15. The highest BCUT2D eigenvalue weighted by atomic mass is 16.5. The van der Waals surface area contributed by atoms with Gasteiger partial charge in [0.1, 0.15) is 5.75 Å². The van der Waals surface area contributed by atoms with E-state index in [1.54, 1.807) is 0 Å². The van der Waals surface area contributed by atoms with Gasteiger partial charge in [-0.05, 0) is 63.8 Å². The van der Waals surface area contributed by atoms with Gasteiger partial charge in [-0.1, -0.05) is 18.6 Å². The molecule has 1 N–H and O–H groups in total. The van der Waals surface area contributed by atoms with E-state index in [-0.39, 0.29) is 6.10 Å². The maximum absolute atomic E-state index is 5.94. The number of hydrogen-bond acceptors (Lipinski definition) is 2. The molecule has 1 fully saturated rings. The highest BCUT2D eigenvalue weighted by Crippen LogP contribution is 2.26. The lowest BCUT2D eigenvalue weighted by Crippen LogP contribution is -2.35. The summed E-state index contributed by atoms with van der Waals surface area (Å²) in [4.78, 5) is 0. The second-order valence-electron chi connectivity index (χ2n) is 5.57. The van der Waals surface area contributed by atoms with Crippen molar-refractivity contribution in [2.24, 2.45) is 0 Å². The molecule has 1 heterocycles. The van der Waals surface area contributed by atoms with Crippen molar-refractivity contribution in [3.05, 3.63) is 29.3 Å². The standard InChI is InChI=1S/C16H25NO/c1-12(2)18-16-9-6-7-13(3)15(16)11-14-8-4-5-10-17-14/h6-7,9,12,14,17H,4-5,8,10-11H2,1-3H3. The minimum absolute atomic E-state index is 0.241. The van der Waals surface area contributed by atoms with Gasteiger partial charge in [0, 0.05) is 6.04 Å². The molecule has 2 heteroatoms. The minimum Gasteiger partial charge on any atom is -0.491 e. The fourth-order valence-corrected chi connectivity index (χ4v) is 2.65. The highest BCUT2D eigenvalue weighted by molar-refractivity contribution is 5.40. The van der Waals surface area contributed by atoms with E-state index in [0.29, 0.717) is 6.04 Å². The van der Waals surface area contributed by atoms with E-state index in [2.05, 4.69) is 44.3 Å². The molecule has 1 aliphatic heterocycles. The Bertz CT molecular complexity index is 381. The first-order valence-corrected chi connectivity index (χ1v) is 7.15. The molecule has 0 aromatic heterocycles. The predicted molar refractivity (Wildman–Crippen MR) is 76.3 cm³/mol. The van der Waals surface area contributed by atoms with Crippen molar-refractivity contribution in [2.45, 2.75) is 58.6 Å². The maximum atomic E-state index is 5.94. The van der Waals surface area contributed by atoms with Crippen LogP contribution in [0.15, 0.2) is 18.2 Å². The SMILES string of the molecule is Cc1cccc(OC(C)C)c1CC1CCCCN1. The zero-order chi connectivity index (χ0) is 13.0. The zero-order valence-corrected chi connectivity index (χ0v) is 11.8. The molecule has 100 valence electrons. The molecular formula is C16H25NO. The van der Waals surface area contributed by atoms with Crippen LogP contribution in [0.1, 0.15) is 44.2 Å². The molecule has 0 spiro atoms. The van der Waals surface area contributed by atoms with E-state index in [9.17, 15) is 0 Å². The number of nitrogens with one attached hydrogen (secondary N) is 1. The van der Waals surface area contributed by atoms with Gasteiger partial charge in [0.2, 0.25) is 0 Å². The third-order valence-corrected chi connectivity index (χ3v) is 3.59. The molecule has 1 unspecified atom stereocenters. The number of piperidine rings is 1. The van der Waals surface area contributed by atoms with Crippen molar-refractivity contribution < 1.29 is 4.74 Å². The summed E-state index contributed by atoms with van der Waals surface area (Å²) in [5.41, 5.74) is 2.73. The van der Waals surface area contributed by atoms with Crippen LogP contribution in [0.2, 0.25) is 0 Å². The number of hydrogen-bond donors (Lipinski definition) is 1. The Morgan fingerprint density at radius 1 is 1.33 bits per heavy atom. The van der Waals surface area contributed by atoms with Gasteiger partial charge in [-0.15, -0.1) is 0 Å². The van der Waals surface area contributed by atoms with Crippen LogP contribution in [-0.4, -0.2) is 18.7 Å². The lowest BCUT2D eigenvalue weighted by molar-refractivity contribution is 0.238. The summed E-state index contributed by atoms with van der Waals surface area (Å²) in [6.45, 7) is 7.53. The van der Waals surface area contributed by atoms with Gasteiger partial charge in [0.25, 0.3) is 0 Å². The van der Waals surface area contributed by atoms with Crippen molar-refractivity contribution in [1.29, 1.82) is 0 Å². The molecule has 0 amide bonds. The topological polar surface area (TPSA) is 21.3 Å². The Labute approximate surface area is 111 Å². The van der Waals surface area contributed by atoms with Crippen molar-refractivity contribution in [1.82, 2.24) is 5.32 Å². The van der Waals surface area contributed by atoms with Crippen LogP contribution in [0.5, 0.6) is 5.75 Å². The maximum Gasteiger partial charge on any atom is 0.123 e. The van der Waals surface area contributed by atoms with Gasteiger partial charge in [-0.3, -0.25) is 0 Å². The first kappa shape index (κ1) is 13.4. The number of rotatable bonds is 4. The molecule has 0 bridgehead atoms. The number of aryl methyl sites for hydroxylation is 1. The van der Waals surface area contributed by atoms with E-state index in [0.717, 1.165) is 18.7 Å². The smallest absolute Gasteiger partial charge is 0.123 e. The van der Waals surface area contributed by atoms with E-state index in [1.165, 1.54) is 30.4 Å². The third kappa shape index (κ3) is 3.49. The third-order valence-electron chi connectivity index (χ3n) is 3.59. The molecular weight excluding hydrogens is 222 g/mol. The molecule has 2 nitrogen and oxygen atoms in total. The molecule has 2 rings (SSSR count). The van der Waals surface area contributed by atoms with Crippen LogP contribution in [-0.2, 0) is 6.42 Å². The van der Waals surface area contributed by atoms with E-state index >= 15 is 0 Å². The van der Waals surface area contributed by atoms with E-state index in [4.69, 9.17) is 4.74 Å². The van der Waals surface area contributed by atoms with Crippen LogP contribution in [0.25, 0.3) is 0 Å². The van der Waals surface area contributed by atoms with Gasteiger partial charge in [0.15, 0.2) is 0 Å². The molecule has 18 heavy (non-hydrogen) atoms. The molecule has 1 aromatic rings. The Hall–Kier alpha value is -1.02. The average molecular weight is 247 g/mol. The monoisotopic (exact) mass is 247 g/mol. The molecule has 1 aliphatic rings. The second-order valence-corrected chi connectivity index (χ2v) is 5.57. The largest absolute Gasteiger partial charge is 0.491 e. The van der Waals surface area contributed by atoms with Crippen molar-refractivity contribution >= 4 is 0 Å². The van der Waals surface area contributed by atoms with Gasteiger partial charge >= 0.3 is 0 Å². The van der Waals surface area contributed by atoms with E-state index in [1.807, 2.05) is 0 Å². The number of ether oxygens (including phenoxy) is 1. The summed E-state index contributed by atoms with van der Waals surface area (Å²) >= 11 is 0. The summed E-state index contributed by atoms with van der Waals surface area (Å²) in [7, 11) is 0. The molecule has 1 saturated heterocycles. The lowest BCUT2D eigenvalue weighted by atomic mass is 9.94. The van der Waals surface area contributed by atoms with Gasteiger partial charge in [-0.25, -0.2) is 0 Å². The second kappa shape index (κ2) is 6.24. The van der Waals surface area contributed by atoms with Gasteiger partial charge < -0.3 is 10.1 Å². The molecule has 0 radical (unpaired) electrons. The van der Waals surface area contributed by atoms with Crippen LogP contribution in [0.4, 0.5) is 0 Å². The molecule has 1 atom stereocenters. The summed E-state index contributed by atoms with van der Waals surface area (Å²) in [6, 6.07) is 7.00. The Kier molecular flexibility index (Phi) is 4.65. The minimum atomic E-state index is 0.241. The van der Waals surface area contributed by atoms with Gasteiger partial charge in [0.05, 0.1) is 6.10 Å². The fraction of sp³-hybridized carbons (Fsp3) is 0.625.